The third-order valence-electron chi connectivity index (χ3n) is 12.3. The average molecular weight is 911 g/mol. The van der Waals surface area contributed by atoms with Crippen molar-refractivity contribution in [2.24, 2.45) is 0 Å². The number of hydrogen-bond acceptors (Lipinski definition) is 6. The number of rotatable bonds is 51. The van der Waals surface area contributed by atoms with Crippen molar-refractivity contribution in [2.75, 3.05) is 13.2 Å². The molecule has 6 nitrogen and oxygen atoms in total. The Labute approximate surface area is 403 Å². The molecule has 0 heterocycles. The van der Waals surface area contributed by atoms with Crippen molar-refractivity contribution in [2.45, 2.75) is 297 Å². The van der Waals surface area contributed by atoms with Crippen LogP contribution >= 0.6 is 0 Å². The molecule has 0 rings (SSSR count). The number of esters is 3. The lowest BCUT2D eigenvalue weighted by atomic mass is 10.0. The van der Waals surface area contributed by atoms with Crippen LogP contribution in [0.4, 0.5) is 0 Å². The normalized spacial score (nSPS) is 12.4. The Morgan fingerprint density at radius 2 is 0.585 bits per heavy atom. The molecule has 0 N–H and O–H groups in total. The van der Waals surface area contributed by atoms with Crippen LogP contribution < -0.4 is 0 Å². The lowest BCUT2D eigenvalue weighted by Gasteiger charge is -2.18. The predicted octanol–water partition coefficient (Wildman–Crippen LogP) is 18.7. The van der Waals surface area contributed by atoms with E-state index in [0.717, 1.165) is 89.9 Å². The van der Waals surface area contributed by atoms with E-state index in [4.69, 9.17) is 14.2 Å². The molecular weight excluding hydrogens is 805 g/mol. The first-order valence-corrected chi connectivity index (χ1v) is 28.1. The number of carbonyl (C=O) groups is 3. The fraction of sp³-hybridized carbons (Fsp3) is 0.814. The molecule has 65 heavy (non-hydrogen) atoms. The van der Waals surface area contributed by atoms with E-state index in [9.17, 15) is 14.4 Å². The summed E-state index contributed by atoms with van der Waals surface area (Å²) in [5, 5.41) is 0. The standard InChI is InChI=1S/C59H106O6/c1-4-7-10-13-16-19-21-22-23-24-25-26-27-28-29-30-31-32-33-34-35-36-37-38-39-41-43-46-49-52-58(61)64-55-56(54-63-57(60)51-48-45-42-18-15-12-9-6-3)65-59(62)53-50-47-44-40-20-17-14-11-8-5-2/h11,14,21-22,24-25,27-28,56H,4-10,12-13,15-20,23,26,29-55H2,1-3H3/b14-11-,22-21-,25-24-,28-27-. The van der Waals surface area contributed by atoms with Crippen LogP contribution in [0.5, 0.6) is 0 Å². The summed E-state index contributed by atoms with van der Waals surface area (Å²) in [5.74, 6) is -0.882. The maximum atomic E-state index is 12.7. The molecule has 378 valence electrons. The predicted molar refractivity (Wildman–Crippen MR) is 279 cm³/mol. The molecule has 0 spiro atoms. The molecule has 1 unspecified atom stereocenters. The zero-order chi connectivity index (χ0) is 47.2. The third kappa shape index (κ3) is 52.2. The van der Waals surface area contributed by atoms with Gasteiger partial charge in [-0.2, -0.15) is 0 Å². The van der Waals surface area contributed by atoms with Crippen molar-refractivity contribution in [1.29, 1.82) is 0 Å². The first-order chi connectivity index (χ1) is 32.0. The van der Waals surface area contributed by atoms with Gasteiger partial charge in [-0.15, -0.1) is 0 Å². The van der Waals surface area contributed by atoms with E-state index >= 15 is 0 Å². The van der Waals surface area contributed by atoms with Gasteiger partial charge in [-0.1, -0.05) is 243 Å². The average Bonchev–Trinajstić information content (AvgIpc) is 3.30. The highest BCUT2D eigenvalue weighted by Gasteiger charge is 2.19. The minimum Gasteiger partial charge on any atom is -0.462 e. The number of allylic oxidation sites excluding steroid dienone is 8. The highest BCUT2D eigenvalue weighted by Crippen LogP contribution is 2.16. The molecule has 0 saturated heterocycles. The van der Waals surface area contributed by atoms with Crippen molar-refractivity contribution in [3.8, 4) is 0 Å². The van der Waals surface area contributed by atoms with Crippen LogP contribution in [-0.2, 0) is 28.6 Å². The largest absolute Gasteiger partial charge is 0.462 e. The molecule has 0 amide bonds. The van der Waals surface area contributed by atoms with Gasteiger partial charge in [-0.25, -0.2) is 0 Å². The molecule has 0 aliphatic carbocycles. The number of carbonyl (C=O) groups excluding carboxylic acids is 3. The van der Waals surface area contributed by atoms with Gasteiger partial charge in [0.15, 0.2) is 6.10 Å². The van der Waals surface area contributed by atoms with E-state index in [0.29, 0.717) is 19.3 Å². The summed E-state index contributed by atoms with van der Waals surface area (Å²) in [7, 11) is 0. The quantitative estimate of drug-likeness (QED) is 0.0262. The van der Waals surface area contributed by atoms with Gasteiger partial charge in [0.2, 0.25) is 0 Å². The monoisotopic (exact) mass is 911 g/mol. The van der Waals surface area contributed by atoms with Gasteiger partial charge >= 0.3 is 17.9 Å². The summed E-state index contributed by atoms with van der Waals surface area (Å²) in [6.07, 6.45) is 65.6. The van der Waals surface area contributed by atoms with Gasteiger partial charge in [-0.3, -0.25) is 14.4 Å². The van der Waals surface area contributed by atoms with Gasteiger partial charge in [-0.05, 0) is 77.0 Å². The Kier molecular flexibility index (Phi) is 51.8. The van der Waals surface area contributed by atoms with Crippen molar-refractivity contribution in [3.05, 3.63) is 48.6 Å². The van der Waals surface area contributed by atoms with Crippen LogP contribution in [0.2, 0.25) is 0 Å². The molecule has 6 heteroatoms. The Morgan fingerprint density at radius 3 is 0.938 bits per heavy atom. The molecule has 0 aliphatic heterocycles. The van der Waals surface area contributed by atoms with Gasteiger partial charge in [0, 0.05) is 19.3 Å². The van der Waals surface area contributed by atoms with Crippen molar-refractivity contribution >= 4 is 17.9 Å². The zero-order valence-corrected chi connectivity index (χ0v) is 43.3. The van der Waals surface area contributed by atoms with Gasteiger partial charge in [0.1, 0.15) is 13.2 Å². The molecule has 0 radical (unpaired) electrons. The third-order valence-corrected chi connectivity index (χ3v) is 12.3. The SMILES string of the molecule is CCC/C=C\CCCCCCCC(=O)OC(COC(=O)CCCCCCCCCC)COC(=O)CCCCCCCCCCCCCCCC/C=C\C/C=C\C/C=C\CCCCCCC. The molecule has 0 fully saturated rings. The summed E-state index contributed by atoms with van der Waals surface area (Å²) in [6, 6.07) is 0. The van der Waals surface area contributed by atoms with Crippen LogP contribution in [-0.4, -0.2) is 37.2 Å². The summed E-state index contributed by atoms with van der Waals surface area (Å²) < 4.78 is 16.7. The molecule has 0 aromatic carbocycles. The second-order valence-electron chi connectivity index (χ2n) is 18.8. The summed E-state index contributed by atoms with van der Waals surface area (Å²) in [4.78, 5) is 37.8. The van der Waals surface area contributed by atoms with Crippen LogP contribution in [0, 0.1) is 0 Å². The van der Waals surface area contributed by atoms with Crippen molar-refractivity contribution in [1.82, 2.24) is 0 Å². The minimum atomic E-state index is -0.771. The Balaban J connectivity index is 4.03. The lowest BCUT2D eigenvalue weighted by Crippen LogP contribution is -2.30. The maximum absolute atomic E-state index is 12.7. The number of hydrogen-bond donors (Lipinski definition) is 0. The van der Waals surface area contributed by atoms with E-state index in [-0.39, 0.29) is 31.1 Å². The lowest BCUT2D eigenvalue weighted by molar-refractivity contribution is -0.167. The number of unbranched alkanes of at least 4 members (excludes halogenated alkanes) is 32. The highest BCUT2D eigenvalue weighted by molar-refractivity contribution is 5.71. The minimum absolute atomic E-state index is 0.0742. The number of ether oxygens (including phenoxy) is 3. The second-order valence-corrected chi connectivity index (χ2v) is 18.8. The van der Waals surface area contributed by atoms with Gasteiger partial charge in [0.05, 0.1) is 0 Å². The molecule has 0 aromatic rings. The first kappa shape index (κ1) is 62.4. The van der Waals surface area contributed by atoms with Crippen LogP contribution in [0.1, 0.15) is 290 Å². The molecular formula is C59H106O6. The smallest absolute Gasteiger partial charge is 0.306 e. The summed E-state index contributed by atoms with van der Waals surface area (Å²) in [6.45, 7) is 6.54. The first-order valence-electron chi connectivity index (χ1n) is 28.1. The molecule has 0 aliphatic rings. The van der Waals surface area contributed by atoms with Gasteiger partial charge < -0.3 is 14.2 Å². The summed E-state index contributed by atoms with van der Waals surface area (Å²) >= 11 is 0. The summed E-state index contributed by atoms with van der Waals surface area (Å²) in [5.41, 5.74) is 0. The fourth-order valence-corrected chi connectivity index (χ4v) is 8.04. The van der Waals surface area contributed by atoms with Crippen LogP contribution in [0.25, 0.3) is 0 Å². The van der Waals surface area contributed by atoms with Crippen molar-refractivity contribution < 1.29 is 28.6 Å². The van der Waals surface area contributed by atoms with E-state index in [2.05, 4.69) is 69.4 Å². The van der Waals surface area contributed by atoms with E-state index in [1.165, 1.54) is 161 Å². The topological polar surface area (TPSA) is 78.9 Å². The van der Waals surface area contributed by atoms with Crippen LogP contribution in [0.3, 0.4) is 0 Å². The second kappa shape index (κ2) is 54.0. The zero-order valence-electron chi connectivity index (χ0n) is 43.3. The fourth-order valence-electron chi connectivity index (χ4n) is 8.04. The van der Waals surface area contributed by atoms with Crippen LogP contribution in [0.15, 0.2) is 48.6 Å². The molecule has 0 saturated carbocycles. The van der Waals surface area contributed by atoms with E-state index in [1.807, 2.05) is 0 Å². The highest BCUT2D eigenvalue weighted by atomic mass is 16.6. The van der Waals surface area contributed by atoms with Gasteiger partial charge in [0.25, 0.3) is 0 Å². The molecule has 0 aromatic heterocycles. The Hall–Kier alpha value is -2.63. The molecule has 1 atom stereocenters. The van der Waals surface area contributed by atoms with E-state index < -0.39 is 6.10 Å². The maximum Gasteiger partial charge on any atom is 0.306 e. The Morgan fingerprint density at radius 1 is 0.308 bits per heavy atom. The van der Waals surface area contributed by atoms with E-state index in [1.54, 1.807) is 0 Å². The molecule has 0 bridgehead atoms. The Bertz CT molecular complexity index is 1140. The van der Waals surface area contributed by atoms with Crippen molar-refractivity contribution in [3.63, 3.8) is 0 Å².